The molecule has 1 aromatic heterocycles. The number of aromatic nitrogens is 2. The SMILES string of the molecule is CCC(c1ccc(-c2ccc(OC)c(OC)c2)cc1)n1ccnc1. The summed E-state index contributed by atoms with van der Waals surface area (Å²) in [5.74, 6) is 1.48. The van der Waals surface area contributed by atoms with E-state index in [1.165, 1.54) is 5.56 Å². The molecule has 0 aliphatic carbocycles. The van der Waals surface area contributed by atoms with Gasteiger partial charge in [-0.15, -0.1) is 0 Å². The van der Waals surface area contributed by atoms with Gasteiger partial charge in [-0.3, -0.25) is 0 Å². The van der Waals surface area contributed by atoms with Crippen molar-refractivity contribution in [1.29, 1.82) is 0 Å². The quantitative estimate of drug-likeness (QED) is 0.667. The molecule has 4 nitrogen and oxygen atoms in total. The number of ether oxygens (including phenoxy) is 2. The number of hydrogen-bond donors (Lipinski definition) is 0. The van der Waals surface area contributed by atoms with Gasteiger partial charge in [0.15, 0.2) is 11.5 Å². The number of imidazole rings is 1. The molecule has 0 N–H and O–H groups in total. The van der Waals surface area contributed by atoms with E-state index in [4.69, 9.17) is 9.47 Å². The molecule has 0 aliphatic rings. The third kappa shape index (κ3) is 3.13. The maximum absolute atomic E-state index is 5.39. The summed E-state index contributed by atoms with van der Waals surface area (Å²) in [6, 6.07) is 15.0. The van der Waals surface area contributed by atoms with E-state index in [1.54, 1.807) is 14.2 Å². The van der Waals surface area contributed by atoms with Crippen LogP contribution in [0.2, 0.25) is 0 Å². The lowest BCUT2D eigenvalue weighted by molar-refractivity contribution is 0.355. The summed E-state index contributed by atoms with van der Waals surface area (Å²) < 4.78 is 12.8. The molecule has 4 heteroatoms. The highest BCUT2D eigenvalue weighted by Gasteiger charge is 2.11. The smallest absolute Gasteiger partial charge is 0.161 e. The van der Waals surface area contributed by atoms with Crippen LogP contribution in [0.1, 0.15) is 24.9 Å². The fraction of sp³-hybridized carbons (Fsp3) is 0.250. The minimum Gasteiger partial charge on any atom is -0.493 e. The Kier molecular flexibility index (Phi) is 4.85. The summed E-state index contributed by atoms with van der Waals surface area (Å²) in [6.07, 6.45) is 6.72. The fourth-order valence-corrected chi connectivity index (χ4v) is 2.99. The van der Waals surface area contributed by atoms with E-state index in [-0.39, 0.29) is 0 Å². The molecule has 0 radical (unpaired) electrons. The first-order chi connectivity index (χ1) is 11.8. The Bertz CT molecular complexity index is 780. The molecule has 2 aromatic carbocycles. The van der Waals surface area contributed by atoms with Gasteiger partial charge in [0.1, 0.15) is 0 Å². The second kappa shape index (κ2) is 7.21. The van der Waals surface area contributed by atoms with Gasteiger partial charge < -0.3 is 14.0 Å². The Hall–Kier alpha value is -2.75. The molecule has 1 unspecified atom stereocenters. The van der Waals surface area contributed by atoms with Crippen molar-refractivity contribution in [3.05, 3.63) is 66.7 Å². The van der Waals surface area contributed by atoms with Gasteiger partial charge in [-0.1, -0.05) is 37.3 Å². The van der Waals surface area contributed by atoms with Crippen LogP contribution in [0, 0.1) is 0 Å². The van der Waals surface area contributed by atoms with Crippen molar-refractivity contribution in [2.45, 2.75) is 19.4 Å². The maximum atomic E-state index is 5.39. The number of nitrogens with zero attached hydrogens (tertiary/aromatic N) is 2. The second-order valence-electron chi connectivity index (χ2n) is 5.63. The van der Waals surface area contributed by atoms with Crippen molar-refractivity contribution in [2.75, 3.05) is 14.2 Å². The lowest BCUT2D eigenvalue weighted by atomic mass is 9.99. The van der Waals surface area contributed by atoms with E-state index >= 15 is 0 Å². The number of hydrogen-bond acceptors (Lipinski definition) is 3. The normalized spacial score (nSPS) is 12.0. The van der Waals surface area contributed by atoms with E-state index in [2.05, 4.69) is 40.7 Å². The molecular formula is C20H22N2O2. The van der Waals surface area contributed by atoms with Gasteiger partial charge >= 0.3 is 0 Å². The highest BCUT2D eigenvalue weighted by Crippen LogP contribution is 2.33. The summed E-state index contributed by atoms with van der Waals surface area (Å²) in [4.78, 5) is 4.15. The van der Waals surface area contributed by atoms with Gasteiger partial charge in [0.05, 0.1) is 26.6 Å². The Labute approximate surface area is 142 Å². The van der Waals surface area contributed by atoms with Crippen LogP contribution in [0.15, 0.2) is 61.2 Å². The van der Waals surface area contributed by atoms with Gasteiger partial charge in [-0.05, 0) is 35.2 Å². The van der Waals surface area contributed by atoms with Crippen LogP contribution in [0.5, 0.6) is 11.5 Å². The topological polar surface area (TPSA) is 36.3 Å². The zero-order valence-electron chi connectivity index (χ0n) is 14.3. The second-order valence-corrected chi connectivity index (χ2v) is 5.63. The molecule has 1 atom stereocenters. The lowest BCUT2D eigenvalue weighted by Gasteiger charge is -2.17. The lowest BCUT2D eigenvalue weighted by Crippen LogP contribution is -2.07. The van der Waals surface area contributed by atoms with Crippen molar-refractivity contribution in [3.63, 3.8) is 0 Å². The number of benzene rings is 2. The van der Waals surface area contributed by atoms with Crippen LogP contribution in [-0.2, 0) is 0 Å². The molecule has 0 aliphatic heterocycles. The molecule has 0 bridgehead atoms. The van der Waals surface area contributed by atoms with E-state index in [0.29, 0.717) is 6.04 Å². The maximum Gasteiger partial charge on any atom is 0.161 e. The standard InChI is InChI=1S/C20H22N2O2/c1-4-18(22-12-11-21-14-22)16-7-5-15(6-8-16)17-9-10-19(23-2)20(13-17)24-3/h5-14,18H,4H2,1-3H3. The van der Waals surface area contributed by atoms with Gasteiger partial charge in [0.2, 0.25) is 0 Å². The zero-order valence-corrected chi connectivity index (χ0v) is 14.3. The average Bonchev–Trinajstić information content (AvgIpc) is 3.16. The van der Waals surface area contributed by atoms with Gasteiger partial charge in [-0.25, -0.2) is 4.98 Å². The molecular weight excluding hydrogens is 300 g/mol. The molecule has 0 fully saturated rings. The summed E-state index contributed by atoms with van der Waals surface area (Å²) >= 11 is 0. The summed E-state index contributed by atoms with van der Waals surface area (Å²) in [5.41, 5.74) is 3.54. The van der Waals surface area contributed by atoms with Crippen molar-refractivity contribution < 1.29 is 9.47 Å². The molecule has 24 heavy (non-hydrogen) atoms. The molecule has 0 amide bonds. The van der Waals surface area contributed by atoms with Crippen LogP contribution in [0.3, 0.4) is 0 Å². The predicted octanol–water partition coefficient (Wildman–Crippen LogP) is 4.57. The molecule has 1 heterocycles. The van der Waals surface area contributed by atoms with Crippen molar-refractivity contribution >= 4 is 0 Å². The van der Waals surface area contributed by atoms with Crippen LogP contribution in [-0.4, -0.2) is 23.8 Å². The third-order valence-electron chi connectivity index (χ3n) is 4.28. The fourth-order valence-electron chi connectivity index (χ4n) is 2.99. The first-order valence-electron chi connectivity index (χ1n) is 8.06. The van der Waals surface area contributed by atoms with Crippen molar-refractivity contribution in [2.24, 2.45) is 0 Å². The molecule has 124 valence electrons. The van der Waals surface area contributed by atoms with E-state index in [0.717, 1.165) is 29.0 Å². The highest BCUT2D eigenvalue weighted by atomic mass is 16.5. The molecule has 0 spiro atoms. The minimum absolute atomic E-state index is 0.312. The highest BCUT2D eigenvalue weighted by molar-refractivity contribution is 5.67. The van der Waals surface area contributed by atoms with Crippen LogP contribution < -0.4 is 9.47 Å². The number of rotatable bonds is 6. The predicted molar refractivity (Wildman–Crippen MR) is 95.6 cm³/mol. The average molecular weight is 322 g/mol. The Balaban J connectivity index is 1.89. The minimum atomic E-state index is 0.312. The molecule has 3 rings (SSSR count). The molecule has 3 aromatic rings. The van der Waals surface area contributed by atoms with Crippen LogP contribution in [0.25, 0.3) is 11.1 Å². The zero-order chi connectivity index (χ0) is 16.9. The first kappa shape index (κ1) is 16.1. The largest absolute Gasteiger partial charge is 0.493 e. The van der Waals surface area contributed by atoms with E-state index < -0.39 is 0 Å². The molecule has 0 saturated carbocycles. The summed E-state index contributed by atoms with van der Waals surface area (Å²) in [7, 11) is 3.30. The summed E-state index contributed by atoms with van der Waals surface area (Å²) in [5, 5.41) is 0. The van der Waals surface area contributed by atoms with Crippen LogP contribution >= 0.6 is 0 Å². The Morgan fingerprint density at radius 2 is 1.67 bits per heavy atom. The Morgan fingerprint density at radius 1 is 0.958 bits per heavy atom. The van der Waals surface area contributed by atoms with E-state index in [9.17, 15) is 0 Å². The van der Waals surface area contributed by atoms with Gasteiger partial charge in [-0.2, -0.15) is 0 Å². The number of methoxy groups -OCH3 is 2. The Morgan fingerprint density at radius 3 is 2.25 bits per heavy atom. The van der Waals surface area contributed by atoms with E-state index in [1.807, 2.05) is 36.9 Å². The van der Waals surface area contributed by atoms with Crippen molar-refractivity contribution in [3.8, 4) is 22.6 Å². The summed E-state index contributed by atoms with van der Waals surface area (Å²) in [6.45, 7) is 2.19. The molecule has 0 saturated heterocycles. The van der Waals surface area contributed by atoms with Gasteiger partial charge in [0, 0.05) is 12.4 Å². The van der Waals surface area contributed by atoms with Gasteiger partial charge in [0.25, 0.3) is 0 Å². The monoisotopic (exact) mass is 322 g/mol. The third-order valence-corrected chi connectivity index (χ3v) is 4.28. The van der Waals surface area contributed by atoms with Crippen LogP contribution in [0.4, 0.5) is 0 Å². The first-order valence-corrected chi connectivity index (χ1v) is 8.06. The van der Waals surface area contributed by atoms with Crippen molar-refractivity contribution in [1.82, 2.24) is 9.55 Å².